The van der Waals surface area contributed by atoms with E-state index in [2.05, 4.69) is 10.9 Å². The molecule has 0 bridgehead atoms. The third kappa shape index (κ3) is 5.82. The molecule has 0 N–H and O–H groups in total. The summed E-state index contributed by atoms with van der Waals surface area (Å²) in [6, 6.07) is 24.4. The van der Waals surface area contributed by atoms with Crippen molar-refractivity contribution in [2.75, 3.05) is 26.2 Å². The predicted molar refractivity (Wildman–Crippen MR) is 145 cm³/mol. The van der Waals surface area contributed by atoms with Gasteiger partial charge in [-0.2, -0.15) is 4.31 Å². The Kier molecular flexibility index (Phi) is 7.41. The fourth-order valence-corrected chi connectivity index (χ4v) is 5.63. The summed E-state index contributed by atoms with van der Waals surface area (Å²) in [6.45, 7) is 0.865. The number of carbonyl (C=O) groups is 1. The summed E-state index contributed by atoms with van der Waals surface area (Å²) < 4.78 is 46.2. The largest absolute Gasteiger partial charge is 0.457 e. The van der Waals surface area contributed by atoms with Gasteiger partial charge in [-0.1, -0.05) is 12.0 Å². The first-order valence-corrected chi connectivity index (χ1v) is 13.6. The molecule has 5 rings (SSSR count). The lowest BCUT2D eigenvalue weighted by molar-refractivity contribution is 0.0692. The van der Waals surface area contributed by atoms with Gasteiger partial charge in [0.2, 0.25) is 10.0 Å². The minimum atomic E-state index is -3.68. The van der Waals surface area contributed by atoms with Crippen LogP contribution in [0.1, 0.15) is 16.1 Å². The zero-order valence-corrected chi connectivity index (χ0v) is 21.6. The molecule has 1 amide bonds. The maximum atomic E-state index is 13.2. The number of amides is 1. The van der Waals surface area contributed by atoms with Gasteiger partial charge in [0.05, 0.1) is 10.6 Å². The average molecular weight is 542 g/mol. The summed E-state index contributed by atoms with van der Waals surface area (Å²) in [4.78, 5) is 19.5. The van der Waals surface area contributed by atoms with Crippen LogP contribution in [-0.4, -0.2) is 54.7 Å². The molecule has 0 atom stereocenters. The molecule has 1 fully saturated rings. The number of terminal acetylenes is 1. The number of ether oxygens (including phenoxy) is 1. The van der Waals surface area contributed by atoms with Crippen molar-refractivity contribution in [3.05, 3.63) is 108 Å². The molecule has 2 heterocycles. The van der Waals surface area contributed by atoms with Crippen molar-refractivity contribution in [2.24, 2.45) is 0 Å². The number of pyridine rings is 1. The van der Waals surface area contributed by atoms with Crippen LogP contribution >= 0.6 is 0 Å². The van der Waals surface area contributed by atoms with Crippen molar-refractivity contribution >= 4 is 15.9 Å². The number of halogens is 1. The Morgan fingerprint density at radius 3 is 2.08 bits per heavy atom. The molecule has 0 radical (unpaired) electrons. The van der Waals surface area contributed by atoms with E-state index in [9.17, 15) is 17.6 Å². The van der Waals surface area contributed by atoms with E-state index in [0.717, 1.165) is 5.56 Å². The Morgan fingerprint density at radius 2 is 1.46 bits per heavy atom. The van der Waals surface area contributed by atoms with Crippen molar-refractivity contribution < 1.29 is 22.3 Å². The lowest BCUT2D eigenvalue weighted by Gasteiger charge is -2.33. The number of benzene rings is 3. The van der Waals surface area contributed by atoms with Crippen molar-refractivity contribution in [3.8, 4) is 35.1 Å². The fourth-order valence-electron chi connectivity index (χ4n) is 4.21. The molecular formula is C30H24FN3O4S. The van der Waals surface area contributed by atoms with Gasteiger partial charge < -0.3 is 9.64 Å². The van der Waals surface area contributed by atoms with Crippen molar-refractivity contribution in [1.29, 1.82) is 0 Å². The number of rotatable bonds is 6. The van der Waals surface area contributed by atoms with Crippen LogP contribution in [0.15, 0.2) is 95.9 Å². The molecule has 1 aliphatic heterocycles. The predicted octanol–water partition coefficient (Wildman–Crippen LogP) is 4.81. The maximum absolute atomic E-state index is 13.2. The van der Waals surface area contributed by atoms with Gasteiger partial charge >= 0.3 is 0 Å². The Hall–Kier alpha value is -4.52. The van der Waals surface area contributed by atoms with Gasteiger partial charge in [-0.3, -0.25) is 4.79 Å². The lowest BCUT2D eigenvalue weighted by atomic mass is 10.1. The number of hydrogen-bond acceptors (Lipinski definition) is 5. The van der Waals surface area contributed by atoms with Crippen LogP contribution < -0.4 is 4.74 Å². The molecule has 196 valence electrons. The molecule has 0 spiro atoms. The van der Waals surface area contributed by atoms with Crippen molar-refractivity contribution in [1.82, 2.24) is 14.2 Å². The SMILES string of the molecule is C#Cc1ccc(S(=O)(=O)N2CCN(C(=O)c3cccc(-c4ccc(Oc5ccc(F)cc5)cc4)n3)CC2)cc1. The van der Waals surface area contributed by atoms with E-state index in [1.165, 1.54) is 28.6 Å². The summed E-state index contributed by atoms with van der Waals surface area (Å²) in [6.07, 6.45) is 5.35. The summed E-state index contributed by atoms with van der Waals surface area (Å²) in [5.74, 6) is 2.97. The normalized spacial score (nSPS) is 14.0. The third-order valence-corrected chi connectivity index (χ3v) is 8.27. The van der Waals surface area contributed by atoms with E-state index in [4.69, 9.17) is 11.2 Å². The minimum absolute atomic E-state index is 0.171. The second-order valence-corrected chi connectivity index (χ2v) is 10.8. The molecular weight excluding hydrogens is 517 g/mol. The number of sulfonamides is 1. The van der Waals surface area contributed by atoms with Gasteiger partial charge in [0.1, 0.15) is 23.0 Å². The van der Waals surface area contributed by atoms with Gasteiger partial charge in [0.25, 0.3) is 5.91 Å². The zero-order valence-electron chi connectivity index (χ0n) is 20.8. The molecule has 0 aliphatic carbocycles. The highest BCUT2D eigenvalue weighted by atomic mass is 32.2. The highest BCUT2D eigenvalue weighted by Crippen LogP contribution is 2.26. The summed E-state index contributed by atoms with van der Waals surface area (Å²) in [5.41, 5.74) is 2.29. The summed E-state index contributed by atoms with van der Waals surface area (Å²) in [7, 11) is -3.68. The number of carbonyl (C=O) groups excluding carboxylic acids is 1. The van der Waals surface area contributed by atoms with Crippen molar-refractivity contribution in [2.45, 2.75) is 4.90 Å². The molecule has 0 saturated carbocycles. The van der Waals surface area contributed by atoms with Crippen LogP contribution in [-0.2, 0) is 10.0 Å². The highest BCUT2D eigenvalue weighted by Gasteiger charge is 2.30. The Balaban J connectivity index is 1.23. The van der Waals surface area contributed by atoms with E-state index in [-0.39, 0.29) is 48.5 Å². The van der Waals surface area contributed by atoms with Crippen molar-refractivity contribution in [3.63, 3.8) is 0 Å². The van der Waals surface area contributed by atoms with Crippen LogP contribution in [0.2, 0.25) is 0 Å². The molecule has 9 heteroatoms. The molecule has 0 unspecified atom stereocenters. The highest BCUT2D eigenvalue weighted by molar-refractivity contribution is 7.89. The van der Waals surface area contributed by atoms with Gasteiger partial charge in [0.15, 0.2) is 0 Å². The van der Waals surface area contributed by atoms with E-state index in [0.29, 0.717) is 22.8 Å². The molecule has 39 heavy (non-hydrogen) atoms. The topological polar surface area (TPSA) is 79.8 Å². The standard InChI is InChI=1S/C30H24FN3O4S/c1-2-22-6-16-27(17-7-22)39(36,37)34-20-18-33(19-21-34)30(35)29-5-3-4-28(32-29)23-8-12-25(13-9-23)38-26-14-10-24(31)11-15-26/h1,3-17H,18-21H2. The summed E-state index contributed by atoms with van der Waals surface area (Å²) >= 11 is 0. The Labute approximate surface area is 226 Å². The average Bonchev–Trinajstić information content (AvgIpc) is 2.98. The third-order valence-electron chi connectivity index (χ3n) is 6.35. The number of piperazine rings is 1. The van der Waals surface area contributed by atoms with Gasteiger partial charge in [0, 0.05) is 37.3 Å². The Bertz CT molecular complexity index is 1620. The second-order valence-electron chi connectivity index (χ2n) is 8.85. The monoisotopic (exact) mass is 541 g/mol. The van der Waals surface area contributed by atoms with Crippen LogP contribution in [0.25, 0.3) is 11.3 Å². The molecule has 7 nitrogen and oxygen atoms in total. The van der Waals surface area contributed by atoms with E-state index < -0.39 is 10.0 Å². The zero-order chi connectivity index (χ0) is 27.4. The number of nitrogens with zero attached hydrogens (tertiary/aromatic N) is 3. The first-order valence-electron chi connectivity index (χ1n) is 12.2. The van der Waals surface area contributed by atoms with E-state index >= 15 is 0 Å². The van der Waals surface area contributed by atoms with Gasteiger partial charge in [-0.15, -0.1) is 6.42 Å². The number of aromatic nitrogens is 1. The van der Waals surface area contributed by atoms with Crippen LogP contribution in [0.5, 0.6) is 11.5 Å². The quantitative estimate of drug-likeness (QED) is 0.328. The Morgan fingerprint density at radius 1 is 0.846 bits per heavy atom. The van der Waals surface area contributed by atoms with Crippen LogP contribution in [0.3, 0.4) is 0 Å². The second kappa shape index (κ2) is 11.1. The first-order chi connectivity index (χ1) is 18.8. The minimum Gasteiger partial charge on any atom is -0.457 e. The molecule has 1 aromatic heterocycles. The molecule has 1 saturated heterocycles. The smallest absolute Gasteiger partial charge is 0.272 e. The maximum Gasteiger partial charge on any atom is 0.272 e. The molecule has 3 aromatic carbocycles. The molecule has 4 aromatic rings. The van der Waals surface area contributed by atoms with Gasteiger partial charge in [-0.05, 0) is 84.9 Å². The van der Waals surface area contributed by atoms with Crippen LogP contribution in [0.4, 0.5) is 4.39 Å². The fraction of sp³-hybridized carbons (Fsp3) is 0.133. The first kappa shape index (κ1) is 26.1. The summed E-state index contributed by atoms with van der Waals surface area (Å²) in [5, 5.41) is 0. The van der Waals surface area contributed by atoms with Crippen LogP contribution in [0, 0.1) is 18.2 Å². The van der Waals surface area contributed by atoms with Gasteiger partial charge in [-0.25, -0.2) is 17.8 Å². The number of hydrogen-bond donors (Lipinski definition) is 0. The van der Waals surface area contributed by atoms with E-state index in [1.54, 1.807) is 53.4 Å². The molecule has 1 aliphatic rings. The lowest BCUT2D eigenvalue weighted by Crippen LogP contribution is -2.50. The van der Waals surface area contributed by atoms with E-state index in [1.807, 2.05) is 18.2 Å².